The van der Waals surface area contributed by atoms with Gasteiger partial charge in [0.15, 0.2) is 5.65 Å². The van der Waals surface area contributed by atoms with Gasteiger partial charge >= 0.3 is 5.69 Å². The Morgan fingerprint density at radius 2 is 1.83 bits per heavy atom. The van der Waals surface area contributed by atoms with Crippen molar-refractivity contribution in [2.75, 3.05) is 13.1 Å². The molecule has 0 saturated carbocycles. The predicted octanol–water partition coefficient (Wildman–Crippen LogP) is 2.06. The number of rotatable bonds is 3. The van der Waals surface area contributed by atoms with E-state index in [1.54, 1.807) is 7.05 Å². The minimum absolute atomic E-state index is 0.0530. The van der Waals surface area contributed by atoms with Crippen molar-refractivity contribution in [1.29, 1.82) is 0 Å². The molecule has 1 amide bonds. The van der Waals surface area contributed by atoms with E-state index in [4.69, 9.17) is 0 Å². The Morgan fingerprint density at radius 1 is 1.17 bits per heavy atom. The summed E-state index contributed by atoms with van der Waals surface area (Å²) in [7, 11) is 3.04. The van der Waals surface area contributed by atoms with Crippen LogP contribution in [0.3, 0.4) is 0 Å². The normalized spacial score (nSPS) is 18.6. The van der Waals surface area contributed by atoms with Crippen LogP contribution in [0.5, 0.6) is 0 Å². The summed E-state index contributed by atoms with van der Waals surface area (Å²) in [6, 6.07) is 0. The lowest BCUT2D eigenvalue weighted by molar-refractivity contribution is -0.131. The molecule has 164 valence electrons. The number of carbonyl (C=O) groups is 1. The van der Waals surface area contributed by atoms with Crippen molar-refractivity contribution in [3.8, 4) is 0 Å². The first-order valence-corrected chi connectivity index (χ1v) is 11.2. The molecule has 2 atom stereocenters. The highest BCUT2D eigenvalue weighted by Crippen LogP contribution is 2.31. The second-order valence-electron chi connectivity index (χ2n) is 9.30. The van der Waals surface area contributed by atoms with Gasteiger partial charge < -0.3 is 4.90 Å². The summed E-state index contributed by atoms with van der Waals surface area (Å²) < 4.78 is 2.43. The number of amides is 1. The molecule has 0 spiro atoms. The molecule has 0 unspecified atom stereocenters. The number of fused-ring (bicyclic) bond motifs is 1. The molecule has 8 nitrogen and oxygen atoms in total. The van der Waals surface area contributed by atoms with Crippen LogP contribution in [0.25, 0.3) is 11.0 Å². The van der Waals surface area contributed by atoms with Crippen molar-refractivity contribution in [2.45, 2.75) is 63.2 Å². The molecule has 0 bridgehead atoms. The third kappa shape index (κ3) is 4.17. The van der Waals surface area contributed by atoms with E-state index >= 15 is 0 Å². The first-order valence-electron chi connectivity index (χ1n) is 10.4. The lowest BCUT2D eigenvalue weighted by Crippen LogP contribution is -2.43. The average molecular weight is 434 g/mol. The SMILES string of the molecule is C[C@H]1CCCN(C(=O)[C@H](C)Sc2nc(C(C)(C)C)nc3c2c(=O)n(C)c(=O)n3C)C1. The van der Waals surface area contributed by atoms with E-state index in [-0.39, 0.29) is 16.7 Å². The smallest absolute Gasteiger partial charge is 0.332 e. The average Bonchev–Trinajstić information content (AvgIpc) is 2.68. The van der Waals surface area contributed by atoms with Gasteiger partial charge in [-0.3, -0.25) is 18.7 Å². The van der Waals surface area contributed by atoms with Crippen LogP contribution in [0.1, 0.15) is 53.3 Å². The molecule has 0 aromatic carbocycles. The molecule has 30 heavy (non-hydrogen) atoms. The summed E-state index contributed by atoms with van der Waals surface area (Å²) in [5, 5.41) is 0.333. The Morgan fingerprint density at radius 3 is 2.43 bits per heavy atom. The van der Waals surface area contributed by atoms with Crippen molar-refractivity contribution in [3.63, 3.8) is 0 Å². The van der Waals surface area contributed by atoms with Crippen LogP contribution < -0.4 is 11.2 Å². The number of piperidine rings is 1. The van der Waals surface area contributed by atoms with E-state index < -0.39 is 16.5 Å². The quantitative estimate of drug-likeness (QED) is 0.544. The van der Waals surface area contributed by atoms with Crippen LogP contribution in [0.15, 0.2) is 14.6 Å². The maximum Gasteiger partial charge on any atom is 0.332 e. The number of hydrogen-bond acceptors (Lipinski definition) is 6. The molecule has 3 rings (SSSR count). The summed E-state index contributed by atoms with van der Waals surface area (Å²) in [6.45, 7) is 11.5. The largest absolute Gasteiger partial charge is 0.341 e. The lowest BCUT2D eigenvalue weighted by atomic mass is 9.96. The Bertz CT molecular complexity index is 1100. The molecule has 1 aliphatic heterocycles. The number of aryl methyl sites for hydroxylation is 1. The fourth-order valence-electron chi connectivity index (χ4n) is 3.71. The van der Waals surface area contributed by atoms with Gasteiger partial charge in [-0.1, -0.05) is 39.5 Å². The van der Waals surface area contributed by atoms with Crippen LogP contribution >= 0.6 is 11.8 Å². The second-order valence-corrected chi connectivity index (χ2v) is 10.6. The molecule has 1 saturated heterocycles. The topological polar surface area (TPSA) is 90.1 Å². The van der Waals surface area contributed by atoms with Crippen LogP contribution in [-0.4, -0.2) is 48.2 Å². The second kappa shape index (κ2) is 8.17. The first-order chi connectivity index (χ1) is 13.9. The van der Waals surface area contributed by atoms with Crippen molar-refractivity contribution >= 4 is 28.7 Å². The van der Waals surface area contributed by atoms with E-state index in [0.29, 0.717) is 22.4 Å². The highest BCUT2D eigenvalue weighted by Gasteiger charge is 2.29. The van der Waals surface area contributed by atoms with Crippen molar-refractivity contribution < 1.29 is 4.79 Å². The zero-order valence-electron chi connectivity index (χ0n) is 18.9. The standard InChI is InChI=1S/C21H31N5O3S/c1-12-9-8-10-26(11-12)17(27)13(2)30-16-14-15(22-19(23-16)21(3,4)5)24(6)20(29)25(7)18(14)28/h12-13H,8-11H2,1-7H3/t12-,13-/m0/s1. The van der Waals surface area contributed by atoms with Gasteiger partial charge in [0.05, 0.1) is 5.25 Å². The highest BCUT2D eigenvalue weighted by atomic mass is 32.2. The molecule has 3 heterocycles. The molecule has 0 N–H and O–H groups in total. The number of thioether (sulfide) groups is 1. The van der Waals surface area contributed by atoms with E-state index in [2.05, 4.69) is 16.9 Å². The Balaban J connectivity index is 2.11. The zero-order valence-corrected chi connectivity index (χ0v) is 19.7. The van der Waals surface area contributed by atoms with Gasteiger partial charge in [-0.05, 0) is 25.7 Å². The molecular weight excluding hydrogens is 402 g/mol. The van der Waals surface area contributed by atoms with Crippen molar-refractivity contribution in [3.05, 3.63) is 26.7 Å². The van der Waals surface area contributed by atoms with E-state index in [9.17, 15) is 14.4 Å². The summed E-state index contributed by atoms with van der Waals surface area (Å²) in [5.41, 5.74) is -0.955. The zero-order chi connectivity index (χ0) is 22.4. The number of nitrogens with zero attached hydrogens (tertiary/aromatic N) is 5. The first kappa shape index (κ1) is 22.5. The third-order valence-electron chi connectivity index (χ3n) is 5.54. The number of aromatic nitrogens is 4. The van der Waals surface area contributed by atoms with Gasteiger partial charge in [0.1, 0.15) is 16.2 Å². The van der Waals surface area contributed by atoms with Gasteiger partial charge in [0.2, 0.25) is 5.91 Å². The summed E-state index contributed by atoms with van der Waals surface area (Å²) in [4.78, 5) is 49.6. The van der Waals surface area contributed by atoms with Crippen molar-refractivity contribution in [1.82, 2.24) is 24.0 Å². The highest BCUT2D eigenvalue weighted by molar-refractivity contribution is 8.00. The predicted molar refractivity (Wildman–Crippen MR) is 119 cm³/mol. The van der Waals surface area contributed by atoms with E-state index in [1.165, 1.54) is 23.4 Å². The summed E-state index contributed by atoms with van der Waals surface area (Å²) in [6.07, 6.45) is 2.15. The number of likely N-dealkylation sites (tertiary alicyclic amines) is 1. The minimum atomic E-state index is -0.442. The van der Waals surface area contributed by atoms with E-state index in [0.717, 1.165) is 30.5 Å². The molecular formula is C21H31N5O3S. The maximum atomic E-state index is 13.1. The molecule has 0 radical (unpaired) electrons. The molecule has 2 aromatic heterocycles. The molecule has 2 aromatic rings. The summed E-state index contributed by atoms with van der Waals surface area (Å²) in [5.74, 6) is 1.08. The van der Waals surface area contributed by atoms with Gasteiger partial charge in [-0.2, -0.15) is 0 Å². The molecule has 9 heteroatoms. The van der Waals surface area contributed by atoms with Crippen LogP contribution in [0.2, 0.25) is 0 Å². The molecule has 1 fully saturated rings. The Kier molecular flexibility index (Phi) is 6.13. The van der Waals surface area contributed by atoms with Gasteiger partial charge in [0, 0.05) is 32.6 Å². The minimum Gasteiger partial charge on any atom is -0.341 e. The van der Waals surface area contributed by atoms with Crippen molar-refractivity contribution in [2.24, 2.45) is 20.0 Å². The monoisotopic (exact) mass is 433 g/mol. The van der Waals surface area contributed by atoms with Gasteiger partial charge in [0.25, 0.3) is 5.56 Å². The Hall–Kier alpha value is -2.16. The van der Waals surface area contributed by atoms with Crippen LogP contribution in [0, 0.1) is 5.92 Å². The fourth-order valence-corrected chi connectivity index (χ4v) is 4.73. The lowest BCUT2D eigenvalue weighted by Gasteiger charge is -2.32. The summed E-state index contributed by atoms with van der Waals surface area (Å²) >= 11 is 1.27. The number of carbonyl (C=O) groups excluding carboxylic acids is 1. The van der Waals surface area contributed by atoms with Gasteiger partial charge in [-0.15, -0.1) is 0 Å². The van der Waals surface area contributed by atoms with Crippen LogP contribution in [0.4, 0.5) is 0 Å². The fraction of sp³-hybridized carbons (Fsp3) is 0.667. The third-order valence-corrected chi connectivity index (χ3v) is 6.62. The van der Waals surface area contributed by atoms with E-state index in [1.807, 2.05) is 32.6 Å². The maximum absolute atomic E-state index is 13.1. The van der Waals surface area contributed by atoms with Gasteiger partial charge in [-0.25, -0.2) is 14.8 Å². The number of hydrogen-bond donors (Lipinski definition) is 0. The Labute approximate surface area is 180 Å². The molecule has 0 aliphatic carbocycles. The van der Waals surface area contributed by atoms with Crippen LogP contribution in [-0.2, 0) is 24.3 Å². The molecule has 1 aliphatic rings.